The second kappa shape index (κ2) is 11.0. The Morgan fingerprint density at radius 3 is 2.43 bits per heavy atom. The highest BCUT2D eigenvalue weighted by Gasteiger charge is 2.10. The van der Waals surface area contributed by atoms with Crippen LogP contribution in [0.4, 0.5) is 5.69 Å². The van der Waals surface area contributed by atoms with Crippen molar-refractivity contribution in [3.63, 3.8) is 0 Å². The maximum Gasteiger partial charge on any atom is 0.191 e. The summed E-state index contributed by atoms with van der Waals surface area (Å²) in [6, 6.07) is 9.23. The molecule has 4 nitrogen and oxygen atoms in total. The Hall–Kier alpha value is -0.630. The molecule has 1 fully saturated rings. The van der Waals surface area contributed by atoms with Gasteiger partial charge < -0.3 is 15.5 Å². The van der Waals surface area contributed by atoms with E-state index in [0.717, 1.165) is 25.6 Å². The molecule has 1 aliphatic rings. The lowest BCUT2D eigenvalue weighted by atomic mass is 10.2. The Bertz CT molecular complexity index is 470. The predicted molar refractivity (Wildman–Crippen MR) is 114 cm³/mol. The average Bonchev–Trinajstić information content (AvgIpc) is 2.54. The van der Waals surface area contributed by atoms with E-state index in [0.29, 0.717) is 12.6 Å². The van der Waals surface area contributed by atoms with Crippen LogP contribution in [0.3, 0.4) is 0 Å². The monoisotopic (exact) mass is 448 g/mol. The van der Waals surface area contributed by atoms with Crippen molar-refractivity contribution in [2.75, 3.05) is 36.0 Å². The van der Waals surface area contributed by atoms with Crippen LogP contribution in [-0.2, 0) is 6.54 Å². The molecule has 1 aliphatic heterocycles. The highest BCUT2D eigenvalue weighted by Crippen LogP contribution is 2.20. The zero-order valence-electron chi connectivity index (χ0n) is 14.3. The number of benzene rings is 1. The third kappa shape index (κ3) is 7.20. The van der Waals surface area contributed by atoms with Crippen LogP contribution >= 0.6 is 35.7 Å². The number of nitrogens with zero attached hydrogens (tertiary/aromatic N) is 2. The molecule has 1 saturated heterocycles. The van der Waals surface area contributed by atoms with Crippen LogP contribution in [-0.4, -0.2) is 43.1 Å². The van der Waals surface area contributed by atoms with Crippen LogP contribution in [0.5, 0.6) is 0 Å². The molecule has 1 heterocycles. The van der Waals surface area contributed by atoms with Crippen LogP contribution in [0, 0.1) is 0 Å². The molecule has 130 valence electrons. The van der Waals surface area contributed by atoms with E-state index >= 15 is 0 Å². The minimum Gasteiger partial charge on any atom is -0.370 e. The normalized spacial score (nSPS) is 15.3. The summed E-state index contributed by atoms with van der Waals surface area (Å²) < 4.78 is 0. The summed E-state index contributed by atoms with van der Waals surface area (Å²) >= 11 is 2.04. The van der Waals surface area contributed by atoms with E-state index in [1.54, 1.807) is 0 Å². The first-order chi connectivity index (χ1) is 10.7. The van der Waals surface area contributed by atoms with Gasteiger partial charge in [-0.3, -0.25) is 0 Å². The minimum atomic E-state index is 0. The molecule has 0 unspecified atom stereocenters. The number of aliphatic imine (C=N–C) groups is 1. The van der Waals surface area contributed by atoms with Crippen LogP contribution < -0.4 is 15.5 Å². The molecule has 6 heteroatoms. The van der Waals surface area contributed by atoms with Crippen molar-refractivity contribution in [1.29, 1.82) is 0 Å². The molecule has 0 spiro atoms. The highest BCUT2D eigenvalue weighted by molar-refractivity contribution is 14.0. The van der Waals surface area contributed by atoms with Gasteiger partial charge in [0.2, 0.25) is 0 Å². The second-order valence-corrected chi connectivity index (χ2v) is 6.98. The summed E-state index contributed by atoms with van der Waals surface area (Å²) in [5.41, 5.74) is 2.58. The van der Waals surface area contributed by atoms with Gasteiger partial charge in [0.05, 0.1) is 6.54 Å². The summed E-state index contributed by atoms with van der Waals surface area (Å²) in [4.78, 5) is 7.11. The van der Waals surface area contributed by atoms with E-state index in [-0.39, 0.29) is 24.0 Å². The number of rotatable bonds is 5. The van der Waals surface area contributed by atoms with E-state index in [4.69, 9.17) is 0 Å². The number of anilines is 1. The third-order valence-corrected chi connectivity index (χ3v) is 4.44. The van der Waals surface area contributed by atoms with Crippen molar-refractivity contribution in [2.45, 2.75) is 33.4 Å². The largest absolute Gasteiger partial charge is 0.370 e. The number of hydrogen-bond acceptors (Lipinski definition) is 3. The van der Waals surface area contributed by atoms with Gasteiger partial charge in [-0.15, -0.1) is 24.0 Å². The van der Waals surface area contributed by atoms with Gasteiger partial charge in [-0.25, -0.2) is 4.99 Å². The van der Waals surface area contributed by atoms with Crippen molar-refractivity contribution in [1.82, 2.24) is 10.6 Å². The van der Waals surface area contributed by atoms with E-state index in [9.17, 15) is 0 Å². The molecule has 0 radical (unpaired) electrons. The topological polar surface area (TPSA) is 39.7 Å². The predicted octanol–water partition coefficient (Wildman–Crippen LogP) is 3.32. The van der Waals surface area contributed by atoms with Gasteiger partial charge in [-0.05, 0) is 38.5 Å². The Morgan fingerprint density at radius 2 is 1.87 bits per heavy atom. The molecule has 0 atom stereocenters. The first kappa shape index (κ1) is 20.4. The van der Waals surface area contributed by atoms with Gasteiger partial charge in [-0.1, -0.05) is 12.1 Å². The molecule has 0 bridgehead atoms. The van der Waals surface area contributed by atoms with Crippen LogP contribution in [0.25, 0.3) is 0 Å². The Morgan fingerprint density at radius 1 is 1.22 bits per heavy atom. The molecule has 2 rings (SSSR count). The summed E-state index contributed by atoms with van der Waals surface area (Å²) in [7, 11) is 0. The first-order valence-electron chi connectivity index (χ1n) is 8.15. The van der Waals surface area contributed by atoms with Gasteiger partial charge in [0.15, 0.2) is 5.96 Å². The molecule has 1 aromatic carbocycles. The standard InChI is InChI=1S/C17H28N4S.HI/c1-4-18-17(20-14(2)3)19-13-15-5-7-16(8-6-15)21-9-11-22-12-10-21;/h5-8,14H,4,9-13H2,1-3H3,(H2,18,19,20);1H. The zero-order chi connectivity index (χ0) is 15.8. The average molecular weight is 448 g/mol. The molecule has 1 aromatic rings. The summed E-state index contributed by atoms with van der Waals surface area (Å²) in [6.07, 6.45) is 0. The van der Waals surface area contributed by atoms with E-state index in [2.05, 4.69) is 65.6 Å². The van der Waals surface area contributed by atoms with Crippen molar-refractivity contribution in [2.24, 2.45) is 4.99 Å². The second-order valence-electron chi connectivity index (χ2n) is 5.76. The maximum atomic E-state index is 4.64. The van der Waals surface area contributed by atoms with Crippen LogP contribution in [0.1, 0.15) is 26.3 Å². The van der Waals surface area contributed by atoms with E-state index in [1.807, 2.05) is 11.8 Å². The van der Waals surface area contributed by atoms with Crippen LogP contribution in [0.15, 0.2) is 29.3 Å². The fraction of sp³-hybridized carbons (Fsp3) is 0.588. The summed E-state index contributed by atoms with van der Waals surface area (Å²) in [5.74, 6) is 3.35. The van der Waals surface area contributed by atoms with Gasteiger partial charge in [-0.2, -0.15) is 11.8 Å². The molecule has 2 N–H and O–H groups in total. The SMILES string of the molecule is CCNC(=NCc1ccc(N2CCSCC2)cc1)NC(C)C.I. The lowest BCUT2D eigenvalue weighted by Crippen LogP contribution is -2.41. The van der Waals surface area contributed by atoms with Gasteiger partial charge in [0, 0.05) is 42.9 Å². The number of hydrogen-bond donors (Lipinski definition) is 2. The Labute approximate surface area is 161 Å². The maximum absolute atomic E-state index is 4.64. The Kier molecular flexibility index (Phi) is 9.78. The molecule has 0 aromatic heterocycles. The smallest absolute Gasteiger partial charge is 0.191 e. The van der Waals surface area contributed by atoms with Gasteiger partial charge >= 0.3 is 0 Å². The van der Waals surface area contributed by atoms with Crippen molar-refractivity contribution in [3.05, 3.63) is 29.8 Å². The van der Waals surface area contributed by atoms with Crippen molar-refractivity contribution >= 4 is 47.4 Å². The molecule has 0 aliphatic carbocycles. The molecule has 0 amide bonds. The van der Waals surface area contributed by atoms with Gasteiger partial charge in [0.1, 0.15) is 0 Å². The van der Waals surface area contributed by atoms with Gasteiger partial charge in [0.25, 0.3) is 0 Å². The number of thioether (sulfide) groups is 1. The lowest BCUT2D eigenvalue weighted by molar-refractivity contribution is 0.700. The number of halogens is 1. The van der Waals surface area contributed by atoms with Crippen molar-refractivity contribution in [3.8, 4) is 0 Å². The summed E-state index contributed by atoms with van der Waals surface area (Å²) in [6.45, 7) is 10.2. The number of guanidine groups is 1. The van der Waals surface area contributed by atoms with E-state index in [1.165, 1.54) is 22.8 Å². The lowest BCUT2D eigenvalue weighted by Gasteiger charge is -2.28. The van der Waals surface area contributed by atoms with Crippen molar-refractivity contribution < 1.29 is 0 Å². The zero-order valence-corrected chi connectivity index (χ0v) is 17.5. The minimum absolute atomic E-state index is 0. The highest BCUT2D eigenvalue weighted by atomic mass is 127. The van der Waals surface area contributed by atoms with E-state index < -0.39 is 0 Å². The molecular formula is C17H29IN4S. The quantitative estimate of drug-likeness (QED) is 0.412. The third-order valence-electron chi connectivity index (χ3n) is 3.50. The number of nitrogens with one attached hydrogen (secondary N) is 2. The first-order valence-corrected chi connectivity index (χ1v) is 9.31. The Balaban J connectivity index is 0.00000264. The molecule has 0 saturated carbocycles. The van der Waals surface area contributed by atoms with Crippen LogP contribution in [0.2, 0.25) is 0 Å². The molecule has 23 heavy (non-hydrogen) atoms. The fourth-order valence-electron chi connectivity index (χ4n) is 2.40. The summed E-state index contributed by atoms with van der Waals surface area (Å²) in [5, 5.41) is 6.62. The fourth-order valence-corrected chi connectivity index (χ4v) is 3.30. The molecular weight excluding hydrogens is 419 g/mol.